The summed E-state index contributed by atoms with van der Waals surface area (Å²) >= 11 is 9.81. The molecule has 0 heterocycles. The zero-order valence-electron chi connectivity index (χ0n) is 10.3. The Kier molecular flexibility index (Phi) is 4.85. The molecule has 2 heteroatoms. The molecule has 0 radical (unpaired) electrons. The van der Waals surface area contributed by atoms with Gasteiger partial charge < -0.3 is 0 Å². The van der Waals surface area contributed by atoms with Gasteiger partial charge in [-0.3, -0.25) is 0 Å². The number of hydrogen-bond acceptors (Lipinski definition) is 0. The standard InChI is InChI=1S/C16H16BrCl/c1-12(10-13-6-5-9-15(18)11-13)16(17)14-7-3-2-4-8-14/h2-9,11-12,16H,10H2,1H3. The van der Waals surface area contributed by atoms with Crippen LogP contribution in [-0.4, -0.2) is 0 Å². The van der Waals surface area contributed by atoms with Gasteiger partial charge in [0.15, 0.2) is 0 Å². The molecule has 2 aromatic carbocycles. The summed E-state index contributed by atoms with van der Waals surface area (Å²) in [5.41, 5.74) is 2.61. The quantitative estimate of drug-likeness (QED) is 0.637. The number of hydrogen-bond donors (Lipinski definition) is 0. The van der Waals surface area contributed by atoms with Crippen molar-refractivity contribution in [1.82, 2.24) is 0 Å². The summed E-state index contributed by atoms with van der Waals surface area (Å²) in [5, 5.41) is 0.811. The maximum Gasteiger partial charge on any atom is 0.0424 e. The Morgan fingerprint density at radius 1 is 1.06 bits per heavy atom. The minimum Gasteiger partial charge on any atom is -0.0843 e. The first-order valence-electron chi connectivity index (χ1n) is 6.10. The molecule has 18 heavy (non-hydrogen) atoms. The van der Waals surface area contributed by atoms with E-state index in [0.29, 0.717) is 10.7 Å². The van der Waals surface area contributed by atoms with E-state index in [0.717, 1.165) is 11.4 Å². The van der Waals surface area contributed by atoms with Crippen molar-refractivity contribution in [3.8, 4) is 0 Å². The van der Waals surface area contributed by atoms with Crippen LogP contribution in [0.1, 0.15) is 22.9 Å². The summed E-state index contributed by atoms with van der Waals surface area (Å²) < 4.78 is 0. The maximum atomic E-state index is 6.01. The lowest BCUT2D eigenvalue weighted by Gasteiger charge is -2.19. The van der Waals surface area contributed by atoms with E-state index in [4.69, 9.17) is 11.6 Å². The van der Waals surface area contributed by atoms with Crippen LogP contribution in [0.2, 0.25) is 5.02 Å². The second-order valence-corrected chi connectivity index (χ2v) is 6.05. The van der Waals surface area contributed by atoms with Gasteiger partial charge in [0, 0.05) is 9.85 Å². The third-order valence-corrected chi connectivity index (χ3v) is 4.73. The predicted molar refractivity (Wildman–Crippen MR) is 82.4 cm³/mol. The molecule has 94 valence electrons. The minimum absolute atomic E-state index is 0.373. The van der Waals surface area contributed by atoms with Crippen LogP contribution in [0, 0.1) is 5.92 Å². The average Bonchev–Trinajstić information content (AvgIpc) is 2.39. The smallest absolute Gasteiger partial charge is 0.0424 e. The Hall–Kier alpha value is -0.790. The molecule has 2 aromatic rings. The summed E-state index contributed by atoms with van der Waals surface area (Å²) in [7, 11) is 0. The van der Waals surface area contributed by atoms with Crippen LogP contribution in [0.5, 0.6) is 0 Å². The largest absolute Gasteiger partial charge is 0.0843 e. The molecule has 2 rings (SSSR count). The maximum absolute atomic E-state index is 6.01. The van der Waals surface area contributed by atoms with Crippen LogP contribution < -0.4 is 0 Å². The summed E-state index contributed by atoms with van der Waals surface area (Å²) in [6.07, 6.45) is 1.02. The van der Waals surface area contributed by atoms with Crippen molar-refractivity contribution < 1.29 is 0 Å². The second kappa shape index (κ2) is 6.40. The molecule has 0 fully saturated rings. The van der Waals surface area contributed by atoms with Crippen LogP contribution >= 0.6 is 27.5 Å². The molecule has 0 aliphatic heterocycles. The first-order valence-corrected chi connectivity index (χ1v) is 7.39. The molecule has 0 spiro atoms. The monoisotopic (exact) mass is 322 g/mol. The van der Waals surface area contributed by atoms with Gasteiger partial charge in [-0.1, -0.05) is 76.9 Å². The zero-order chi connectivity index (χ0) is 13.0. The summed E-state index contributed by atoms with van der Waals surface area (Å²) in [6.45, 7) is 2.26. The highest BCUT2D eigenvalue weighted by molar-refractivity contribution is 9.09. The number of alkyl halides is 1. The topological polar surface area (TPSA) is 0 Å². The van der Waals surface area contributed by atoms with Gasteiger partial charge in [-0.2, -0.15) is 0 Å². The highest BCUT2D eigenvalue weighted by atomic mass is 79.9. The zero-order valence-corrected chi connectivity index (χ0v) is 12.7. The van der Waals surface area contributed by atoms with Crippen molar-refractivity contribution >= 4 is 27.5 Å². The van der Waals surface area contributed by atoms with E-state index in [1.54, 1.807) is 0 Å². The number of rotatable bonds is 4. The molecule has 0 aromatic heterocycles. The molecule has 0 saturated carbocycles. The van der Waals surface area contributed by atoms with Gasteiger partial charge in [-0.05, 0) is 35.6 Å². The highest BCUT2D eigenvalue weighted by Crippen LogP contribution is 2.33. The van der Waals surface area contributed by atoms with Gasteiger partial charge in [-0.15, -0.1) is 0 Å². The summed E-state index contributed by atoms with van der Waals surface area (Å²) in [4.78, 5) is 0.373. The second-order valence-electron chi connectivity index (χ2n) is 4.62. The normalized spacial score (nSPS) is 14.2. The lowest BCUT2D eigenvalue weighted by Crippen LogP contribution is -2.07. The van der Waals surface area contributed by atoms with E-state index in [1.807, 2.05) is 24.3 Å². The third-order valence-electron chi connectivity index (χ3n) is 3.06. The Bertz CT molecular complexity index is 495. The Morgan fingerprint density at radius 3 is 2.44 bits per heavy atom. The van der Waals surface area contributed by atoms with Gasteiger partial charge in [0.05, 0.1) is 0 Å². The van der Waals surface area contributed by atoms with Crippen molar-refractivity contribution in [3.05, 3.63) is 70.7 Å². The van der Waals surface area contributed by atoms with Crippen molar-refractivity contribution in [1.29, 1.82) is 0 Å². The van der Waals surface area contributed by atoms with Gasteiger partial charge in [0.1, 0.15) is 0 Å². The van der Waals surface area contributed by atoms with E-state index in [9.17, 15) is 0 Å². The lowest BCUT2D eigenvalue weighted by atomic mass is 9.94. The molecule has 0 bridgehead atoms. The van der Waals surface area contributed by atoms with Crippen LogP contribution in [0.25, 0.3) is 0 Å². The Morgan fingerprint density at radius 2 is 1.78 bits per heavy atom. The molecule has 2 unspecified atom stereocenters. The molecular formula is C16H16BrCl. The van der Waals surface area contributed by atoms with E-state index in [1.165, 1.54) is 11.1 Å². The van der Waals surface area contributed by atoms with Gasteiger partial charge in [0.2, 0.25) is 0 Å². The van der Waals surface area contributed by atoms with Crippen molar-refractivity contribution in [2.24, 2.45) is 5.92 Å². The SMILES string of the molecule is CC(Cc1cccc(Cl)c1)C(Br)c1ccccc1. The van der Waals surface area contributed by atoms with Crippen LogP contribution in [0.4, 0.5) is 0 Å². The van der Waals surface area contributed by atoms with E-state index < -0.39 is 0 Å². The third kappa shape index (κ3) is 3.60. The van der Waals surface area contributed by atoms with Gasteiger partial charge >= 0.3 is 0 Å². The van der Waals surface area contributed by atoms with E-state index >= 15 is 0 Å². The fraction of sp³-hybridized carbons (Fsp3) is 0.250. The van der Waals surface area contributed by atoms with E-state index in [2.05, 4.69) is 53.2 Å². The van der Waals surface area contributed by atoms with Crippen LogP contribution in [0.3, 0.4) is 0 Å². The van der Waals surface area contributed by atoms with Crippen LogP contribution in [-0.2, 0) is 6.42 Å². The first kappa shape index (κ1) is 13.6. The van der Waals surface area contributed by atoms with E-state index in [-0.39, 0.29) is 0 Å². The molecule has 0 amide bonds. The number of benzene rings is 2. The molecule has 0 N–H and O–H groups in total. The van der Waals surface area contributed by atoms with Crippen molar-refractivity contribution in [2.75, 3.05) is 0 Å². The van der Waals surface area contributed by atoms with Crippen molar-refractivity contribution in [2.45, 2.75) is 18.2 Å². The fourth-order valence-corrected chi connectivity index (χ4v) is 2.81. The molecule has 0 saturated heterocycles. The van der Waals surface area contributed by atoms with Crippen LogP contribution in [0.15, 0.2) is 54.6 Å². The molecule has 0 aliphatic carbocycles. The molecular weight excluding hydrogens is 308 g/mol. The first-order chi connectivity index (χ1) is 8.66. The summed E-state index contributed by atoms with van der Waals surface area (Å²) in [6, 6.07) is 18.6. The fourth-order valence-electron chi connectivity index (χ4n) is 2.10. The molecule has 2 atom stereocenters. The number of halogens is 2. The Balaban J connectivity index is 2.06. The lowest BCUT2D eigenvalue weighted by molar-refractivity contribution is 0.572. The average molecular weight is 324 g/mol. The predicted octanol–water partition coefficient (Wildman–Crippen LogP) is 5.65. The van der Waals surface area contributed by atoms with Crippen molar-refractivity contribution in [3.63, 3.8) is 0 Å². The van der Waals surface area contributed by atoms with Gasteiger partial charge in [-0.25, -0.2) is 0 Å². The summed E-state index contributed by atoms with van der Waals surface area (Å²) in [5.74, 6) is 0.519. The molecule has 0 aliphatic rings. The highest BCUT2D eigenvalue weighted by Gasteiger charge is 2.16. The molecule has 0 nitrogen and oxygen atoms in total. The van der Waals surface area contributed by atoms with Gasteiger partial charge in [0.25, 0.3) is 0 Å². The minimum atomic E-state index is 0.373. The Labute approximate surface area is 122 Å².